The van der Waals surface area contributed by atoms with Crippen molar-refractivity contribution in [2.75, 3.05) is 0 Å². The second-order valence-electron chi connectivity index (χ2n) is 1.41. The number of rotatable bonds is 0. The molecule has 0 saturated heterocycles. The first-order valence-electron chi connectivity index (χ1n) is 1.93. The maximum atomic E-state index is 5.34. The van der Waals surface area contributed by atoms with Crippen molar-refractivity contribution in [3.8, 4) is 0 Å². The lowest BCUT2D eigenvalue weighted by atomic mass is 10.5. The first-order chi connectivity index (χ1) is 3.38. The Bertz CT molecular complexity index is 164. The Labute approximate surface area is 39.1 Å². The number of nitrogens with zero attached hydrogens (tertiary/aromatic N) is 4. The highest BCUT2D eigenvalue weighted by molar-refractivity contribution is 4.93. The molecule has 2 N–H and O–H groups in total. The van der Waals surface area contributed by atoms with Crippen molar-refractivity contribution >= 4 is 0 Å². The molecule has 0 aliphatic carbocycles. The van der Waals surface area contributed by atoms with E-state index in [2.05, 4.69) is 15.4 Å². The van der Waals surface area contributed by atoms with E-state index in [-0.39, 0.29) is 6.17 Å². The zero-order valence-corrected chi connectivity index (χ0v) is 3.44. The molecule has 2 aliphatic rings. The van der Waals surface area contributed by atoms with Gasteiger partial charge in [-0.15, -0.1) is 15.0 Å². The fraction of sp³-hybridized carbons (Fsp3) is 0.500. The maximum absolute atomic E-state index is 5.34. The standard InChI is InChI=1S/C2H3N5/c3-1-2-4-6-7(1)5-2/h1H,3H2. The van der Waals surface area contributed by atoms with Crippen LogP contribution in [-0.4, -0.2) is 20.2 Å². The molecule has 0 aromatic carbocycles. The van der Waals surface area contributed by atoms with Gasteiger partial charge in [-0.25, -0.2) is 0 Å². The molecule has 0 radical (unpaired) electrons. The second kappa shape index (κ2) is 0.671. The van der Waals surface area contributed by atoms with Gasteiger partial charge < -0.3 is 5.73 Å². The van der Waals surface area contributed by atoms with Crippen LogP contribution in [0.2, 0.25) is 0 Å². The third-order valence-electron chi connectivity index (χ3n) is 0.957. The van der Waals surface area contributed by atoms with Crippen molar-refractivity contribution < 1.29 is 0 Å². The highest BCUT2D eigenvalue weighted by Crippen LogP contribution is 2.10. The Kier molecular flexibility index (Phi) is 0.296. The number of aromatic nitrogens is 4. The van der Waals surface area contributed by atoms with Gasteiger partial charge in [-0.2, -0.15) is 0 Å². The summed E-state index contributed by atoms with van der Waals surface area (Å²) in [5, 5.41) is 10.8. The van der Waals surface area contributed by atoms with E-state index < -0.39 is 0 Å². The molecule has 3 heterocycles. The minimum atomic E-state index is -0.139. The van der Waals surface area contributed by atoms with E-state index in [0.717, 1.165) is 0 Å². The Hall–Kier alpha value is -0.970. The van der Waals surface area contributed by atoms with Gasteiger partial charge in [0.15, 0.2) is 6.17 Å². The van der Waals surface area contributed by atoms with Gasteiger partial charge in [-0.05, 0) is 5.21 Å². The Balaban J connectivity index is 2.69. The number of nitrogens with two attached hydrogens (primary N) is 1. The number of fused-ring (bicyclic) bond motifs is 1. The summed E-state index contributed by atoms with van der Waals surface area (Å²) < 4.78 is 0. The summed E-state index contributed by atoms with van der Waals surface area (Å²) in [6, 6.07) is 0. The topological polar surface area (TPSA) is 69.6 Å². The predicted octanol–water partition coefficient (Wildman–Crippen LogP) is -1.51. The number of tetrazole rings is 1. The molecule has 0 fully saturated rings. The van der Waals surface area contributed by atoms with Crippen molar-refractivity contribution in [2.45, 2.75) is 6.17 Å². The van der Waals surface area contributed by atoms with Gasteiger partial charge in [0, 0.05) is 0 Å². The van der Waals surface area contributed by atoms with Crippen LogP contribution >= 0.6 is 0 Å². The molecule has 7 heavy (non-hydrogen) atoms. The number of hydrogen-bond donors (Lipinski definition) is 1. The summed E-state index contributed by atoms with van der Waals surface area (Å²) in [4.78, 5) is 1.37. The van der Waals surface area contributed by atoms with Gasteiger partial charge in [0.05, 0.1) is 0 Å². The molecule has 1 atom stereocenters. The molecule has 36 valence electrons. The lowest BCUT2D eigenvalue weighted by molar-refractivity contribution is 0.403. The van der Waals surface area contributed by atoms with Gasteiger partial charge in [-0.1, -0.05) is 0 Å². The summed E-state index contributed by atoms with van der Waals surface area (Å²) in [5.74, 6) is 0.639. The summed E-state index contributed by atoms with van der Waals surface area (Å²) >= 11 is 0. The normalized spacial score (nSPS) is 24.4. The molecular weight excluding hydrogens is 94.1 g/mol. The van der Waals surface area contributed by atoms with Gasteiger partial charge in [0.1, 0.15) is 0 Å². The van der Waals surface area contributed by atoms with Gasteiger partial charge in [0.2, 0.25) is 5.82 Å². The molecule has 1 aromatic heterocycles. The van der Waals surface area contributed by atoms with E-state index in [1.165, 1.54) is 4.80 Å². The third kappa shape index (κ3) is 0.180. The van der Waals surface area contributed by atoms with Crippen LogP contribution in [0.1, 0.15) is 12.0 Å². The lowest BCUT2D eigenvalue weighted by Gasteiger charge is -2.08. The monoisotopic (exact) mass is 97.0 g/mol. The minimum absolute atomic E-state index is 0.139. The second-order valence-corrected chi connectivity index (χ2v) is 1.41. The van der Waals surface area contributed by atoms with Crippen LogP contribution in [0.3, 0.4) is 0 Å². The summed E-state index contributed by atoms with van der Waals surface area (Å²) in [6.07, 6.45) is -0.139. The molecule has 0 amide bonds. The highest BCUT2D eigenvalue weighted by atomic mass is 15.7. The molecule has 5 nitrogen and oxygen atoms in total. The predicted molar refractivity (Wildman–Crippen MR) is 20.1 cm³/mol. The Morgan fingerprint density at radius 1 is 1.71 bits per heavy atom. The van der Waals surface area contributed by atoms with Crippen LogP contribution in [0.25, 0.3) is 0 Å². The zero-order chi connectivity index (χ0) is 4.85. The van der Waals surface area contributed by atoms with E-state index >= 15 is 0 Å². The fourth-order valence-electron chi connectivity index (χ4n) is 0.520. The molecule has 1 aromatic rings. The van der Waals surface area contributed by atoms with Crippen LogP contribution in [0.4, 0.5) is 0 Å². The van der Waals surface area contributed by atoms with Crippen molar-refractivity contribution in [3.05, 3.63) is 5.82 Å². The van der Waals surface area contributed by atoms with Crippen molar-refractivity contribution in [3.63, 3.8) is 0 Å². The van der Waals surface area contributed by atoms with Crippen LogP contribution in [-0.2, 0) is 0 Å². The van der Waals surface area contributed by atoms with E-state index in [9.17, 15) is 0 Å². The average Bonchev–Trinajstić information content (AvgIpc) is 2.18. The highest BCUT2D eigenvalue weighted by Gasteiger charge is 2.25. The van der Waals surface area contributed by atoms with Gasteiger partial charge in [0.25, 0.3) is 0 Å². The molecule has 2 aliphatic heterocycles. The van der Waals surface area contributed by atoms with Crippen LogP contribution in [0, 0.1) is 0 Å². The first-order valence-corrected chi connectivity index (χ1v) is 1.93. The molecule has 0 saturated carbocycles. The van der Waals surface area contributed by atoms with E-state index in [0.29, 0.717) is 5.82 Å². The van der Waals surface area contributed by atoms with Crippen LogP contribution in [0.5, 0.6) is 0 Å². The summed E-state index contributed by atoms with van der Waals surface area (Å²) in [7, 11) is 0. The van der Waals surface area contributed by atoms with E-state index in [1.807, 2.05) is 0 Å². The van der Waals surface area contributed by atoms with Crippen LogP contribution < -0.4 is 5.73 Å². The van der Waals surface area contributed by atoms with Gasteiger partial charge in [-0.3, -0.25) is 0 Å². The largest absolute Gasteiger partial charge is 0.302 e. The smallest absolute Gasteiger partial charge is 0.215 e. The number of hydrogen-bond acceptors (Lipinski definition) is 4. The lowest BCUT2D eigenvalue weighted by Crippen LogP contribution is -2.28. The van der Waals surface area contributed by atoms with E-state index in [1.54, 1.807) is 0 Å². The Morgan fingerprint density at radius 2 is 2.57 bits per heavy atom. The fourth-order valence-corrected chi connectivity index (χ4v) is 0.520. The minimum Gasteiger partial charge on any atom is -0.302 e. The Morgan fingerprint density at radius 3 is 2.71 bits per heavy atom. The third-order valence-corrected chi connectivity index (χ3v) is 0.957. The van der Waals surface area contributed by atoms with E-state index in [4.69, 9.17) is 5.73 Å². The van der Waals surface area contributed by atoms with Crippen LogP contribution in [0.15, 0.2) is 0 Å². The zero-order valence-electron chi connectivity index (χ0n) is 3.44. The molecule has 3 rings (SSSR count). The molecule has 5 heteroatoms. The molecule has 1 unspecified atom stereocenters. The molecular formula is C2H3N5. The summed E-state index contributed by atoms with van der Waals surface area (Å²) in [5.41, 5.74) is 5.34. The maximum Gasteiger partial charge on any atom is 0.215 e. The molecule has 2 bridgehead atoms. The van der Waals surface area contributed by atoms with Crippen molar-refractivity contribution in [1.82, 2.24) is 20.2 Å². The quantitative estimate of drug-likeness (QED) is 0.427. The first kappa shape index (κ1) is 3.09. The van der Waals surface area contributed by atoms with Crippen molar-refractivity contribution in [2.24, 2.45) is 5.73 Å². The summed E-state index contributed by atoms with van der Waals surface area (Å²) in [6.45, 7) is 0. The molecule has 0 spiro atoms. The van der Waals surface area contributed by atoms with Crippen molar-refractivity contribution in [1.29, 1.82) is 0 Å². The SMILES string of the molecule is NC1c2nnn1n2. The van der Waals surface area contributed by atoms with Gasteiger partial charge >= 0.3 is 0 Å². The average molecular weight is 97.1 g/mol.